The summed E-state index contributed by atoms with van der Waals surface area (Å²) < 4.78 is 43.0. The van der Waals surface area contributed by atoms with E-state index in [1.165, 1.54) is 12.1 Å². The molecule has 1 aromatic heterocycles. The molecule has 0 fully saturated rings. The minimum Gasteiger partial charge on any atom is -0.444 e. The fraction of sp³-hybridized carbons (Fsp3) is 0.412. The van der Waals surface area contributed by atoms with E-state index in [0.717, 1.165) is 12.1 Å². The molecule has 0 aliphatic carbocycles. The minimum atomic E-state index is -4.35. The van der Waals surface area contributed by atoms with E-state index in [9.17, 15) is 18.0 Å². The van der Waals surface area contributed by atoms with Crippen LogP contribution in [-0.2, 0) is 23.9 Å². The van der Waals surface area contributed by atoms with Crippen LogP contribution in [0.5, 0.6) is 0 Å². The molecule has 24 heavy (non-hydrogen) atoms. The van der Waals surface area contributed by atoms with Gasteiger partial charge in [-0.3, -0.25) is 4.79 Å². The van der Waals surface area contributed by atoms with Gasteiger partial charge in [0.15, 0.2) is 0 Å². The molecule has 2 aromatic rings. The van der Waals surface area contributed by atoms with Gasteiger partial charge in [-0.05, 0) is 37.5 Å². The van der Waals surface area contributed by atoms with Gasteiger partial charge >= 0.3 is 6.18 Å². The maximum Gasteiger partial charge on any atom is 0.416 e. The molecule has 1 N–H and O–H groups in total. The van der Waals surface area contributed by atoms with E-state index in [-0.39, 0.29) is 18.4 Å². The molecule has 0 bridgehead atoms. The number of amides is 1. The molecule has 4 nitrogen and oxygen atoms in total. The monoisotopic (exact) mass is 340 g/mol. The Morgan fingerprint density at radius 3 is 2.46 bits per heavy atom. The van der Waals surface area contributed by atoms with Crippen LogP contribution in [0.25, 0.3) is 0 Å². The summed E-state index contributed by atoms with van der Waals surface area (Å²) >= 11 is 0. The molecule has 130 valence electrons. The van der Waals surface area contributed by atoms with E-state index in [1.807, 2.05) is 6.92 Å². The number of aromatic nitrogens is 1. The van der Waals surface area contributed by atoms with Gasteiger partial charge in [-0.25, -0.2) is 4.98 Å². The van der Waals surface area contributed by atoms with Gasteiger partial charge in [0.2, 0.25) is 11.8 Å². The van der Waals surface area contributed by atoms with Crippen molar-refractivity contribution in [3.05, 3.63) is 53.2 Å². The van der Waals surface area contributed by atoms with Gasteiger partial charge in [0, 0.05) is 5.92 Å². The Morgan fingerprint density at radius 2 is 1.96 bits per heavy atom. The lowest BCUT2D eigenvalue weighted by atomic mass is 9.95. The number of halogens is 3. The van der Waals surface area contributed by atoms with Gasteiger partial charge in [0.25, 0.3) is 0 Å². The Labute approximate surface area is 138 Å². The van der Waals surface area contributed by atoms with Crippen LogP contribution in [0.3, 0.4) is 0 Å². The average molecular weight is 340 g/mol. The zero-order valence-corrected chi connectivity index (χ0v) is 13.5. The molecule has 0 aliphatic rings. The maximum atomic E-state index is 12.6. The van der Waals surface area contributed by atoms with Crippen LogP contribution in [0, 0.1) is 12.8 Å². The number of rotatable bonds is 6. The third-order valence-electron chi connectivity index (χ3n) is 3.71. The molecule has 2 rings (SSSR count). The second-order valence-corrected chi connectivity index (χ2v) is 5.59. The van der Waals surface area contributed by atoms with Crippen LogP contribution < -0.4 is 5.32 Å². The second-order valence-electron chi connectivity index (χ2n) is 5.59. The minimum absolute atomic E-state index is 0.173. The number of nitrogens with zero attached hydrogens (tertiary/aromatic N) is 1. The zero-order valence-electron chi connectivity index (χ0n) is 13.5. The van der Waals surface area contributed by atoms with Crippen LogP contribution in [0.2, 0.25) is 0 Å². The summed E-state index contributed by atoms with van der Waals surface area (Å²) in [7, 11) is 0. The third-order valence-corrected chi connectivity index (χ3v) is 3.71. The SMILES string of the molecule is CC[C@@H](Cc1ccc(C(F)(F)F)cc1)C(=O)NCc1ncc(C)o1. The third kappa shape index (κ3) is 4.84. The normalized spacial score (nSPS) is 12.9. The van der Waals surface area contributed by atoms with Crippen molar-refractivity contribution in [1.82, 2.24) is 10.3 Å². The van der Waals surface area contributed by atoms with E-state index in [0.29, 0.717) is 30.1 Å². The lowest BCUT2D eigenvalue weighted by molar-refractivity contribution is -0.137. The highest BCUT2D eigenvalue weighted by Crippen LogP contribution is 2.29. The van der Waals surface area contributed by atoms with Crippen molar-refractivity contribution in [3.8, 4) is 0 Å². The Bertz CT molecular complexity index is 678. The maximum absolute atomic E-state index is 12.6. The molecule has 1 heterocycles. The first kappa shape index (κ1) is 18.0. The quantitative estimate of drug-likeness (QED) is 0.868. The van der Waals surface area contributed by atoms with Crippen molar-refractivity contribution in [3.63, 3.8) is 0 Å². The van der Waals surface area contributed by atoms with Gasteiger partial charge in [-0.1, -0.05) is 19.1 Å². The molecule has 0 saturated carbocycles. The summed E-state index contributed by atoms with van der Waals surface area (Å²) in [5, 5.41) is 2.74. The number of nitrogens with one attached hydrogen (secondary N) is 1. The predicted molar refractivity (Wildman–Crippen MR) is 82.0 cm³/mol. The summed E-state index contributed by atoms with van der Waals surface area (Å²) in [6.45, 7) is 3.82. The standard InChI is InChI=1S/C17H19F3N2O2/c1-3-13(16(23)22-10-15-21-9-11(2)24-15)8-12-4-6-14(7-5-12)17(18,19)20/h4-7,9,13H,3,8,10H2,1-2H3,(H,22,23)/t13-/m0/s1. The Balaban J connectivity index is 1.94. The topological polar surface area (TPSA) is 55.1 Å². The molecule has 1 amide bonds. The number of carbonyl (C=O) groups is 1. The van der Waals surface area contributed by atoms with Gasteiger partial charge in [-0.15, -0.1) is 0 Å². The lowest BCUT2D eigenvalue weighted by Gasteiger charge is -2.15. The van der Waals surface area contributed by atoms with Crippen molar-refractivity contribution >= 4 is 5.91 Å². The second kappa shape index (κ2) is 7.51. The van der Waals surface area contributed by atoms with Gasteiger partial charge in [0.05, 0.1) is 18.3 Å². The highest BCUT2D eigenvalue weighted by atomic mass is 19.4. The van der Waals surface area contributed by atoms with Gasteiger partial charge in [0.1, 0.15) is 5.76 Å². The van der Waals surface area contributed by atoms with Crippen LogP contribution in [0.4, 0.5) is 13.2 Å². The average Bonchev–Trinajstić information content (AvgIpc) is 2.95. The van der Waals surface area contributed by atoms with Crippen LogP contribution in [0.1, 0.15) is 36.1 Å². The summed E-state index contributed by atoms with van der Waals surface area (Å²) in [5.41, 5.74) is -0.0000170. The van der Waals surface area contributed by atoms with Crippen molar-refractivity contribution in [2.24, 2.45) is 5.92 Å². The van der Waals surface area contributed by atoms with Crippen molar-refractivity contribution in [2.45, 2.75) is 39.4 Å². The largest absolute Gasteiger partial charge is 0.444 e. The van der Waals surface area contributed by atoms with Crippen LogP contribution in [0.15, 0.2) is 34.9 Å². The van der Waals surface area contributed by atoms with Crippen LogP contribution in [-0.4, -0.2) is 10.9 Å². The molecule has 0 radical (unpaired) electrons. The number of alkyl halides is 3. The molecule has 7 heteroatoms. The number of oxazole rings is 1. The molecular formula is C17H19F3N2O2. The molecule has 1 atom stereocenters. The molecule has 0 spiro atoms. The first-order valence-corrected chi connectivity index (χ1v) is 7.64. The summed E-state index contributed by atoms with van der Waals surface area (Å²) in [6.07, 6.45) is -1.82. The fourth-order valence-corrected chi connectivity index (χ4v) is 2.33. The van der Waals surface area contributed by atoms with E-state index in [1.54, 1.807) is 13.1 Å². The summed E-state index contributed by atoms with van der Waals surface area (Å²) in [6, 6.07) is 4.90. The number of carbonyl (C=O) groups excluding carboxylic acids is 1. The van der Waals surface area contributed by atoms with E-state index >= 15 is 0 Å². The highest BCUT2D eigenvalue weighted by Gasteiger charge is 2.30. The predicted octanol–water partition coefficient (Wildman–Crippen LogP) is 3.89. The first-order chi connectivity index (χ1) is 11.3. The number of benzene rings is 1. The highest BCUT2D eigenvalue weighted by molar-refractivity contribution is 5.78. The van der Waals surface area contributed by atoms with Crippen molar-refractivity contribution < 1.29 is 22.4 Å². The van der Waals surface area contributed by atoms with Gasteiger partial charge in [-0.2, -0.15) is 13.2 Å². The van der Waals surface area contributed by atoms with Crippen molar-refractivity contribution in [2.75, 3.05) is 0 Å². The molecule has 0 saturated heterocycles. The Kier molecular flexibility index (Phi) is 5.64. The molecule has 0 unspecified atom stereocenters. The smallest absolute Gasteiger partial charge is 0.416 e. The van der Waals surface area contributed by atoms with Gasteiger partial charge < -0.3 is 9.73 Å². The Morgan fingerprint density at radius 1 is 1.29 bits per heavy atom. The van der Waals surface area contributed by atoms with Crippen LogP contribution >= 0.6 is 0 Å². The lowest BCUT2D eigenvalue weighted by Crippen LogP contribution is -2.31. The molecular weight excluding hydrogens is 321 g/mol. The fourth-order valence-electron chi connectivity index (χ4n) is 2.33. The van der Waals surface area contributed by atoms with E-state index in [4.69, 9.17) is 4.42 Å². The van der Waals surface area contributed by atoms with Crippen molar-refractivity contribution in [1.29, 1.82) is 0 Å². The first-order valence-electron chi connectivity index (χ1n) is 7.64. The van der Waals surface area contributed by atoms with E-state index in [2.05, 4.69) is 10.3 Å². The zero-order chi connectivity index (χ0) is 17.7. The van der Waals surface area contributed by atoms with E-state index < -0.39 is 11.7 Å². The number of aryl methyl sites for hydroxylation is 1. The Hall–Kier alpha value is -2.31. The molecule has 0 aliphatic heterocycles. The number of hydrogen-bond donors (Lipinski definition) is 1. The summed E-state index contributed by atoms with van der Waals surface area (Å²) in [5.74, 6) is 0.590. The number of hydrogen-bond acceptors (Lipinski definition) is 3. The molecule has 1 aromatic carbocycles. The summed E-state index contributed by atoms with van der Waals surface area (Å²) in [4.78, 5) is 16.2.